The highest BCUT2D eigenvalue weighted by Crippen LogP contribution is 2.15. The van der Waals surface area contributed by atoms with Crippen molar-refractivity contribution in [2.24, 2.45) is 0 Å². The van der Waals surface area contributed by atoms with E-state index in [0.717, 1.165) is 11.3 Å². The molecule has 1 N–H and O–H groups in total. The third-order valence-corrected chi connectivity index (χ3v) is 3.38. The summed E-state index contributed by atoms with van der Waals surface area (Å²) in [5.41, 5.74) is 1.93. The van der Waals surface area contributed by atoms with Crippen molar-refractivity contribution in [1.82, 2.24) is 20.1 Å². The zero-order valence-electron chi connectivity index (χ0n) is 12.6. The van der Waals surface area contributed by atoms with E-state index in [0.29, 0.717) is 5.76 Å². The average molecular weight is 308 g/mol. The molecular weight excluding hydrogens is 292 g/mol. The van der Waals surface area contributed by atoms with E-state index in [1.54, 1.807) is 35.5 Å². The molecule has 6 heteroatoms. The van der Waals surface area contributed by atoms with Crippen molar-refractivity contribution in [1.29, 1.82) is 0 Å². The summed E-state index contributed by atoms with van der Waals surface area (Å²) >= 11 is 0. The van der Waals surface area contributed by atoms with Crippen LogP contribution in [0.5, 0.6) is 0 Å². The molecule has 0 spiro atoms. The monoisotopic (exact) mass is 308 g/mol. The maximum atomic E-state index is 11.9. The molecule has 1 unspecified atom stereocenters. The first-order valence-corrected chi connectivity index (χ1v) is 7.19. The van der Waals surface area contributed by atoms with E-state index in [-0.39, 0.29) is 11.9 Å². The van der Waals surface area contributed by atoms with Crippen LogP contribution in [0.4, 0.5) is 0 Å². The molecule has 3 aromatic rings. The normalized spacial score (nSPS) is 12.4. The van der Waals surface area contributed by atoms with Gasteiger partial charge in [-0.25, -0.2) is 9.67 Å². The highest BCUT2D eigenvalue weighted by atomic mass is 16.3. The molecule has 0 bridgehead atoms. The number of nitrogens with zero attached hydrogens (tertiary/aromatic N) is 3. The molecule has 6 nitrogen and oxygen atoms in total. The molecule has 0 aliphatic carbocycles. The molecule has 23 heavy (non-hydrogen) atoms. The molecule has 0 saturated heterocycles. The molecule has 1 amide bonds. The zero-order valence-corrected chi connectivity index (χ0v) is 12.6. The Hall–Kier alpha value is -3.15. The number of hydrogen-bond acceptors (Lipinski definition) is 4. The SMILES string of the molecule is CC(NC(=O)/C=C/c1ccco1)c1ccc(-n2cncn2)cc1. The van der Waals surface area contributed by atoms with Gasteiger partial charge in [-0.3, -0.25) is 4.79 Å². The molecule has 1 atom stereocenters. The molecule has 2 heterocycles. The lowest BCUT2D eigenvalue weighted by molar-refractivity contribution is -0.117. The molecule has 116 valence electrons. The summed E-state index contributed by atoms with van der Waals surface area (Å²) in [5, 5.41) is 6.99. The summed E-state index contributed by atoms with van der Waals surface area (Å²) < 4.78 is 6.82. The number of carbonyl (C=O) groups is 1. The minimum absolute atomic E-state index is 0.103. The van der Waals surface area contributed by atoms with Crippen molar-refractivity contribution < 1.29 is 9.21 Å². The van der Waals surface area contributed by atoms with Gasteiger partial charge in [-0.2, -0.15) is 5.10 Å². The van der Waals surface area contributed by atoms with Gasteiger partial charge in [0.15, 0.2) is 0 Å². The van der Waals surface area contributed by atoms with Gasteiger partial charge in [0.2, 0.25) is 5.91 Å². The van der Waals surface area contributed by atoms with Gasteiger partial charge < -0.3 is 9.73 Å². The van der Waals surface area contributed by atoms with E-state index < -0.39 is 0 Å². The van der Waals surface area contributed by atoms with Gasteiger partial charge in [0.05, 0.1) is 18.0 Å². The molecule has 0 aliphatic heterocycles. The highest BCUT2D eigenvalue weighted by Gasteiger charge is 2.08. The predicted octanol–water partition coefficient (Wildman–Crippen LogP) is 2.75. The lowest BCUT2D eigenvalue weighted by Gasteiger charge is -2.13. The van der Waals surface area contributed by atoms with Crippen molar-refractivity contribution in [2.75, 3.05) is 0 Å². The van der Waals surface area contributed by atoms with Crippen LogP contribution in [0.1, 0.15) is 24.3 Å². The molecule has 0 radical (unpaired) electrons. The first-order chi connectivity index (χ1) is 11.2. The zero-order chi connectivity index (χ0) is 16.1. The largest absolute Gasteiger partial charge is 0.465 e. The maximum absolute atomic E-state index is 11.9. The summed E-state index contributed by atoms with van der Waals surface area (Å²) in [6.07, 6.45) is 7.79. The van der Waals surface area contributed by atoms with Crippen LogP contribution in [0.2, 0.25) is 0 Å². The van der Waals surface area contributed by atoms with Gasteiger partial charge in [0.1, 0.15) is 18.4 Å². The maximum Gasteiger partial charge on any atom is 0.244 e. The highest BCUT2D eigenvalue weighted by molar-refractivity contribution is 5.91. The van der Waals surface area contributed by atoms with E-state index in [9.17, 15) is 4.79 Å². The quantitative estimate of drug-likeness (QED) is 0.736. The molecular formula is C17H16N4O2. The number of carbonyl (C=O) groups excluding carboxylic acids is 1. The minimum atomic E-state index is -0.172. The van der Waals surface area contributed by atoms with Crippen molar-refractivity contribution >= 4 is 12.0 Å². The summed E-state index contributed by atoms with van der Waals surface area (Å²) in [5.74, 6) is 0.472. The number of nitrogens with one attached hydrogen (secondary N) is 1. The van der Waals surface area contributed by atoms with Gasteiger partial charge in [0, 0.05) is 6.08 Å². The first-order valence-electron chi connectivity index (χ1n) is 7.19. The third kappa shape index (κ3) is 3.74. The Morgan fingerprint density at radius 3 is 2.78 bits per heavy atom. The Morgan fingerprint density at radius 2 is 2.13 bits per heavy atom. The van der Waals surface area contributed by atoms with E-state index in [1.165, 1.54) is 12.4 Å². The lowest BCUT2D eigenvalue weighted by Crippen LogP contribution is -2.24. The summed E-state index contributed by atoms with van der Waals surface area (Å²) in [4.78, 5) is 15.8. The van der Waals surface area contributed by atoms with Gasteiger partial charge >= 0.3 is 0 Å². The third-order valence-electron chi connectivity index (χ3n) is 3.38. The second kappa shape index (κ2) is 6.74. The Labute approximate surface area is 133 Å². The number of aromatic nitrogens is 3. The number of furan rings is 1. The predicted molar refractivity (Wildman–Crippen MR) is 85.7 cm³/mol. The average Bonchev–Trinajstić information content (AvgIpc) is 3.26. The van der Waals surface area contributed by atoms with Gasteiger partial charge in [0.25, 0.3) is 0 Å². The molecule has 0 saturated carbocycles. The van der Waals surface area contributed by atoms with Crippen LogP contribution in [0.3, 0.4) is 0 Å². The first kappa shape index (κ1) is 14.8. The molecule has 2 aromatic heterocycles. The van der Waals surface area contributed by atoms with Crippen LogP contribution in [0.25, 0.3) is 11.8 Å². The number of hydrogen-bond donors (Lipinski definition) is 1. The Morgan fingerprint density at radius 1 is 1.30 bits per heavy atom. The minimum Gasteiger partial charge on any atom is -0.465 e. The Bertz CT molecular complexity index is 775. The Balaban J connectivity index is 1.61. The van der Waals surface area contributed by atoms with Gasteiger partial charge in [-0.05, 0) is 42.8 Å². The lowest BCUT2D eigenvalue weighted by atomic mass is 10.1. The van der Waals surface area contributed by atoms with Crippen molar-refractivity contribution in [2.45, 2.75) is 13.0 Å². The van der Waals surface area contributed by atoms with Crippen molar-refractivity contribution in [3.05, 3.63) is 72.7 Å². The molecule has 0 aliphatic rings. The fraction of sp³-hybridized carbons (Fsp3) is 0.118. The number of amides is 1. The van der Waals surface area contributed by atoms with Crippen LogP contribution < -0.4 is 5.32 Å². The smallest absolute Gasteiger partial charge is 0.244 e. The molecule has 1 aromatic carbocycles. The van der Waals surface area contributed by atoms with Crippen LogP contribution in [0.15, 0.2) is 65.8 Å². The molecule has 3 rings (SSSR count). The van der Waals surface area contributed by atoms with Crippen LogP contribution in [0, 0.1) is 0 Å². The van der Waals surface area contributed by atoms with Gasteiger partial charge in [-0.15, -0.1) is 0 Å². The van der Waals surface area contributed by atoms with E-state index in [2.05, 4.69) is 15.4 Å². The van der Waals surface area contributed by atoms with Crippen LogP contribution in [-0.4, -0.2) is 20.7 Å². The number of benzene rings is 1. The Kier molecular flexibility index (Phi) is 4.33. The van der Waals surface area contributed by atoms with E-state index >= 15 is 0 Å². The van der Waals surface area contributed by atoms with E-state index in [4.69, 9.17) is 4.42 Å². The summed E-state index contributed by atoms with van der Waals surface area (Å²) in [6, 6.07) is 11.2. The fourth-order valence-electron chi connectivity index (χ4n) is 2.15. The second-order valence-corrected chi connectivity index (χ2v) is 5.01. The number of rotatable bonds is 5. The van der Waals surface area contributed by atoms with E-state index in [1.807, 2.05) is 31.2 Å². The van der Waals surface area contributed by atoms with Gasteiger partial charge in [-0.1, -0.05) is 12.1 Å². The van der Waals surface area contributed by atoms with Crippen molar-refractivity contribution in [3.8, 4) is 5.69 Å². The second-order valence-electron chi connectivity index (χ2n) is 5.01. The summed E-state index contributed by atoms with van der Waals surface area (Å²) in [7, 11) is 0. The molecule has 0 fully saturated rings. The standard InChI is InChI=1S/C17H16N4O2/c1-13(20-17(22)9-8-16-3-2-10-23-16)14-4-6-15(7-5-14)21-12-18-11-19-21/h2-13H,1H3,(H,20,22)/b9-8+. The summed E-state index contributed by atoms with van der Waals surface area (Å²) in [6.45, 7) is 1.93. The fourth-order valence-corrected chi connectivity index (χ4v) is 2.15. The van der Waals surface area contributed by atoms with Crippen LogP contribution >= 0.6 is 0 Å². The van der Waals surface area contributed by atoms with Crippen LogP contribution in [-0.2, 0) is 4.79 Å². The topological polar surface area (TPSA) is 73.0 Å². The van der Waals surface area contributed by atoms with Crippen molar-refractivity contribution in [3.63, 3.8) is 0 Å².